The largest absolute Gasteiger partial charge is 0.317 e. The van der Waals surface area contributed by atoms with Gasteiger partial charge >= 0.3 is 0 Å². The van der Waals surface area contributed by atoms with Crippen LogP contribution in [0.3, 0.4) is 0 Å². The molecular formula is C17H27ClF2N4S. The van der Waals surface area contributed by atoms with Crippen molar-refractivity contribution in [2.24, 2.45) is 5.92 Å². The molecule has 1 saturated carbocycles. The lowest BCUT2D eigenvalue weighted by Crippen LogP contribution is -2.28. The summed E-state index contributed by atoms with van der Waals surface area (Å²) in [6.45, 7) is 6.59. The van der Waals surface area contributed by atoms with E-state index in [-0.39, 0.29) is 25.2 Å². The Kier molecular flexibility index (Phi) is 7.70. The summed E-state index contributed by atoms with van der Waals surface area (Å²) < 4.78 is 28.7. The second-order valence-electron chi connectivity index (χ2n) is 6.87. The summed E-state index contributed by atoms with van der Waals surface area (Å²) in [5, 5.41) is 13.1. The van der Waals surface area contributed by atoms with E-state index in [1.54, 1.807) is 11.8 Å². The van der Waals surface area contributed by atoms with Gasteiger partial charge in [0.25, 0.3) is 0 Å². The summed E-state index contributed by atoms with van der Waals surface area (Å²) in [5.41, 5.74) is 0. The molecule has 0 unspecified atom stereocenters. The molecule has 1 aromatic rings. The molecule has 0 amide bonds. The number of nitrogens with zero attached hydrogens (tertiary/aromatic N) is 3. The summed E-state index contributed by atoms with van der Waals surface area (Å²) in [7, 11) is 0. The smallest absolute Gasteiger partial charge is 0.248 e. The SMILES string of the molecule is C=CCn1c(SCC2CCC(F)(F)CC2)nnc1C1CCNCC1.Cl. The number of rotatable bonds is 6. The first-order valence-corrected chi connectivity index (χ1v) is 9.83. The molecule has 1 aromatic heterocycles. The van der Waals surface area contributed by atoms with Crippen LogP contribution in [0.5, 0.6) is 0 Å². The van der Waals surface area contributed by atoms with Crippen LogP contribution < -0.4 is 5.32 Å². The van der Waals surface area contributed by atoms with E-state index < -0.39 is 5.92 Å². The molecule has 0 radical (unpaired) electrons. The van der Waals surface area contributed by atoms with Crippen molar-refractivity contribution in [1.29, 1.82) is 0 Å². The van der Waals surface area contributed by atoms with E-state index in [0.29, 0.717) is 31.2 Å². The lowest BCUT2D eigenvalue weighted by molar-refractivity contribution is -0.0433. The van der Waals surface area contributed by atoms with E-state index in [9.17, 15) is 8.78 Å². The van der Waals surface area contributed by atoms with Gasteiger partial charge < -0.3 is 9.88 Å². The van der Waals surface area contributed by atoms with Crippen LogP contribution in [0.2, 0.25) is 0 Å². The third-order valence-corrected chi connectivity index (χ3v) is 6.24. The van der Waals surface area contributed by atoms with Gasteiger partial charge in [-0.1, -0.05) is 17.8 Å². The first kappa shape index (κ1) is 20.6. The van der Waals surface area contributed by atoms with Crippen molar-refractivity contribution in [3.8, 4) is 0 Å². The predicted molar refractivity (Wildman–Crippen MR) is 99.9 cm³/mol. The quantitative estimate of drug-likeness (QED) is 0.580. The van der Waals surface area contributed by atoms with Crippen molar-refractivity contribution in [2.75, 3.05) is 18.8 Å². The molecule has 3 rings (SSSR count). The molecule has 1 aliphatic carbocycles. The zero-order chi connectivity index (χ0) is 17.0. The Morgan fingerprint density at radius 3 is 2.52 bits per heavy atom. The molecule has 2 fully saturated rings. The number of piperidine rings is 1. The van der Waals surface area contributed by atoms with Crippen molar-refractivity contribution in [3.63, 3.8) is 0 Å². The van der Waals surface area contributed by atoms with E-state index >= 15 is 0 Å². The number of thioether (sulfide) groups is 1. The van der Waals surface area contributed by atoms with E-state index in [1.165, 1.54) is 0 Å². The number of aromatic nitrogens is 3. The maximum Gasteiger partial charge on any atom is 0.248 e. The standard InChI is InChI=1S/C17H26F2N4S.ClH/c1-2-11-23-15(14-5-9-20-10-6-14)21-22-16(23)24-12-13-3-7-17(18,19)8-4-13;/h2,13-14,20H,1,3-12H2;1H. The average molecular weight is 393 g/mol. The fourth-order valence-electron chi connectivity index (χ4n) is 3.55. The Labute approximate surface area is 158 Å². The first-order valence-electron chi connectivity index (χ1n) is 8.84. The highest BCUT2D eigenvalue weighted by atomic mass is 35.5. The molecule has 0 aromatic carbocycles. The Balaban J connectivity index is 0.00000225. The minimum atomic E-state index is -2.45. The highest BCUT2D eigenvalue weighted by Gasteiger charge is 2.35. The molecule has 1 saturated heterocycles. The molecule has 2 aliphatic rings. The topological polar surface area (TPSA) is 42.7 Å². The highest BCUT2D eigenvalue weighted by molar-refractivity contribution is 7.99. The van der Waals surface area contributed by atoms with Crippen molar-refractivity contribution in [1.82, 2.24) is 20.1 Å². The average Bonchev–Trinajstić information content (AvgIpc) is 2.98. The van der Waals surface area contributed by atoms with E-state index in [4.69, 9.17) is 0 Å². The third kappa shape index (κ3) is 5.41. The van der Waals surface area contributed by atoms with Crippen LogP contribution in [0.25, 0.3) is 0 Å². The normalized spacial score (nSPS) is 21.7. The van der Waals surface area contributed by atoms with E-state index in [2.05, 4.69) is 26.7 Å². The number of nitrogens with one attached hydrogen (secondary N) is 1. The first-order chi connectivity index (χ1) is 11.6. The van der Waals surface area contributed by atoms with Gasteiger partial charge in [0.1, 0.15) is 5.82 Å². The van der Waals surface area contributed by atoms with Crippen LogP contribution >= 0.6 is 24.2 Å². The molecule has 0 bridgehead atoms. The second-order valence-corrected chi connectivity index (χ2v) is 7.86. The molecule has 142 valence electrons. The zero-order valence-electron chi connectivity index (χ0n) is 14.4. The van der Waals surface area contributed by atoms with Gasteiger partial charge in [0.05, 0.1) is 0 Å². The van der Waals surface area contributed by atoms with Crippen molar-refractivity contribution >= 4 is 24.2 Å². The van der Waals surface area contributed by atoms with Crippen LogP contribution in [0.1, 0.15) is 50.3 Å². The van der Waals surface area contributed by atoms with Gasteiger partial charge in [-0.15, -0.1) is 29.2 Å². The van der Waals surface area contributed by atoms with Gasteiger partial charge in [-0.05, 0) is 44.7 Å². The number of hydrogen-bond acceptors (Lipinski definition) is 4. The van der Waals surface area contributed by atoms with Gasteiger partial charge in [-0.3, -0.25) is 0 Å². The summed E-state index contributed by atoms with van der Waals surface area (Å²) in [6, 6.07) is 0. The van der Waals surface area contributed by atoms with Crippen molar-refractivity contribution in [2.45, 2.75) is 62.1 Å². The van der Waals surface area contributed by atoms with Gasteiger partial charge in [0.15, 0.2) is 5.16 Å². The summed E-state index contributed by atoms with van der Waals surface area (Å²) in [6.07, 6.45) is 5.30. The molecule has 25 heavy (non-hydrogen) atoms. The molecule has 0 atom stereocenters. The minimum absolute atomic E-state index is 0. The third-order valence-electron chi connectivity index (χ3n) is 5.05. The molecular weight excluding hydrogens is 366 g/mol. The lowest BCUT2D eigenvalue weighted by atomic mass is 9.88. The van der Waals surface area contributed by atoms with Crippen LogP contribution in [-0.4, -0.2) is 39.5 Å². The molecule has 2 heterocycles. The zero-order valence-corrected chi connectivity index (χ0v) is 16.1. The van der Waals surface area contributed by atoms with Crippen LogP contribution in [0.15, 0.2) is 17.8 Å². The van der Waals surface area contributed by atoms with Gasteiger partial charge in [-0.2, -0.15) is 0 Å². The lowest BCUT2D eigenvalue weighted by Gasteiger charge is -2.27. The predicted octanol–water partition coefficient (Wildman–Crippen LogP) is 4.27. The Bertz CT molecular complexity index is 551. The van der Waals surface area contributed by atoms with Gasteiger partial charge in [0, 0.05) is 31.1 Å². The monoisotopic (exact) mass is 392 g/mol. The molecule has 4 nitrogen and oxygen atoms in total. The number of hydrogen-bond donors (Lipinski definition) is 1. The molecule has 8 heteroatoms. The fourth-order valence-corrected chi connectivity index (χ4v) is 4.69. The highest BCUT2D eigenvalue weighted by Crippen LogP contribution is 2.38. The second kappa shape index (κ2) is 9.33. The Morgan fingerprint density at radius 1 is 1.20 bits per heavy atom. The minimum Gasteiger partial charge on any atom is -0.317 e. The van der Waals surface area contributed by atoms with Gasteiger partial charge in [0.2, 0.25) is 5.92 Å². The molecule has 0 spiro atoms. The maximum atomic E-state index is 13.3. The number of alkyl halides is 2. The van der Waals surface area contributed by atoms with Crippen LogP contribution in [-0.2, 0) is 6.54 Å². The summed E-state index contributed by atoms with van der Waals surface area (Å²) in [5.74, 6) is 0.241. The summed E-state index contributed by atoms with van der Waals surface area (Å²) in [4.78, 5) is 0. The van der Waals surface area contributed by atoms with Crippen molar-refractivity contribution < 1.29 is 8.78 Å². The van der Waals surface area contributed by atoms with Crippen LogP contribution in [0.4, 0.5) is 8.78 Å². The number of allylic oxidation sites excluding steroid dienone is 1. The fraction of sp³-hybridized carbons (Fsp3) is 0.765. The molecule has 1 N–H and O–H groups in total. The maximum absolute atomic E-state index is 13.3. The van der Waals surface area contributed by atoms with Crippen LogP contribution in [0, 0.1) is 5.92 Å². The van der Waals surface area contributed by atoms with Gasteiger partial charge in [-0.25, -0.2) is 8.78 Å². The van der Waals surface area contributed by atoms with E-state index in [0.717, 1.165) is 42.7 Å². The van der Waals surface area contributed by atoms with E-state index in [1.807, 2.05) is 6.08 Å². The Hall–Kier alpha value is -0.660. The Morgan fingerprint density at radius 2 is 1.88 bits per heavy atom. The van der Waals surface area contributed by atoms with Crippen molar-refractivity contribution in [3.05, 3.63) is 18.5 Å². The number of halogens is 3. The molecule has 1 aliphatic heterocycles. The summed E-state index contributed by atoms with van der Waals surface area (Å²) >= 11 is 1.66.